The number of benzene rings is 1. The highest BCUT2D eigenvalue weighted by Crippen LogP contribution is 2.38. The van der Waals surface area contributed by atoms with Gasteiger partial charge in [0.2, 0.25) is 11.8 Å². The highest BCUT2D eigenvalue weighted by Gasteiger charge is 2.37. The molecule has 27 heavy (non-hydrogen) atoms. The summed E-state index contributed by atoms with van der Waals surface area (Å²) < 4.78 is 5.99. The number of hydrogen-bond donors (Lipinski definition) is 1. The van der Waals surface area contributed by atoms with E-state index in [1.807, 2.05) is 50.8 Å². The Kier molecular flexibility index (Phi) is 6.90. The topological polar surface area (TPSA) is 58.6 Å². The minimum atomic E-state index is -0.588. The van der Waals surface area contributed by atoms with Crippen molar-refractivity contribution >= 4 is 23.2 Å². The van der Waals surface area contributed by atoms with E-state index in [1.165, 1.54) is 0 Å². The van der Waals surface area contributed by atoms with Crippen LogP contribution in [0.25, 0.3) is 0 Å². The number of nitrogens with one attached hydrogen (secondary N) is 1. The van der Waals surface area contributed by atoms with Crippen LogP contribution < -0.4 is 15.0 Å². The number of carbonyl (C=O) groups is 2. The van der Waals surface area contributed by atoms with E-state index >= 15 is 0 Å². The SMILES string of the molecule is CCC(CC)C(=O)Nc1ccc2c(c1)OCC(C)(C)C(=O)N2CCC(C)C. The molecule has 0 unspecified atom stereocenters. The van der Waals surface area contributed by atoms with E-state index in [4.69, 9.17) is 4.74 Å². The molecule has 150 valence electrons. The van der Waals surface area contributed by atoms with Gasteiger partial charge in [-0.3, -0.25) is 9.59 Å². The Hall–Kier alpha value is -2.04. The van der Waals surface area contributed by atoms with Gasteiger partial charge < -0.3 is 15.0 Å². The van der Waals surface area contributed by atoms with E-state index in [1.54, 1.807) is 0 Å². The first kappa shape index (κ1) is 21.3. The van der Waals surface area contributed by atoms with Gasteiger partial charge in [0.25, 0.3) is 0 Å². The second kappa shape index (κ2) is 8.77. The average Bonchev–Trinajstić information content (AvgIpc) is 2.70. The number of anilines is 2. The third-order valence-electron chi connectivity index (χ3n) is 5.22. The van der Waals surface area contributed by atoms with Crippen molar-refractivity contribution in [2.24, 2.45) is 17.3 Å². The van der Waals surface area contributed by atoms with Gasteiger partial charge in [-0.2, -0.15) is 0 Å². The number of carbonyl (C=O) groups excluding carboxylic acids is 2. The molecular weight excluding hydrogens is 340 g/mol. The minimum Gasteiger partial charge on any atom is -0.490 e. The molecule has 0 aliphatic carbocycles. The van der Waals surface area contributed by atoms with Gasteiger partial charge in [0.1, 0.15) is 12.4 Å². The number of ether oxygens (including phenoxy) is 1. The maximum Gasteiger partial charge on any atom is 0.236 e. The van der Waals surface area contributed by atoms with Crippen LogP contribution in [0, 0.1) is 17.3 Å². The Morgan fingerprint density at radius 2 is 1.93 bits per heavy atom. The molecule has 0 radical (unpaired) electrons. The largest absolute Gasteiger partial charge is 0.490 e. The van der Waals surface area contributed by atoms with Crippen LogP contribution in [0.5, 0.6) is 5.75 Å². The molecule has 0 saturated heterocycles. The van der Waals surface area contributed by atoms with Crippen LogP contribution in [0.15, 0.2) is 18.2 Å². The minimum absolute atomic E-state index is 0.00720. The lowest BCUT2D eigenvalue weighted by molar-refractivity contribution is -0.127. The summed E-state index contributed by atoms with van der Waals surface area (Å²) in [5.41, 5.74) is 0.905. The molecule has 1 aliphatic heterocycles. The van der Waals surface area contributed by atoms with Crippen molar-refractivity contribution in [3.05, 3.63) is 18.2 Å². The molecule has 1 aromatic carbocycles. The van der Waals surface area contributed by atoms with Crippen LogP contribution in [0.2, 0.25) is 0 Å². The third-order valence-corrected chi connectivity index (χ3v) is 5.22. The van der Waals surface area contributed by atoms with Crippen molar-refractivity contribution in [2.75, 3.05) is 23.4 Å². The van der Waals surface area contributed by atoms with Crippen molar-refractivity contribution in [3.63, 3.8) is 0 Å². The summed E-state index contributed by atoms with van der Waals surface area (Å²) in [7, 11) is 0. The lowest BCUT2D eigenvalue weighted by atomic mass is 9.92. The zero-order valence-corrected chi connectivity index (χ0v) is 17.6. The summed E-state index contributed by atoms with van der Waals surface area (Å²) in [5.74, 6) is 1.28. The summed E-state index contributed by atoms with van der Waals surface area (Å²) in [6.07, 6.45) is 2.55. The molecule has 1 N–H and O–H groups in total. The first-order valence-electron chi connectivity index (χ1n) is 10.1. The summed E-state index contributed by atoms with van der Waals surface area (Å²) in [5, 5.41) is 2.99. The molecule has 2 amide bonds. The van der Waals surface area contributed by atoms with Crippen LogP contribution in [-0.4, -0.2) is 25.0 Å². The van der Waals surface area contributed by atoms with Crippen LogP contribution in [0.3, 0.4) is 0 Å². The molecule has 0 spiro atoms. The van der Waals surface area contributed by atoms with E-state index in [2.05, 4.69) is 19.2 Å². The Bertz CT molecular complexity index is 678. The Morgan fingerprint density at radius 1 is 1.26 bits per heavy atom. The lowest BCUT2D eigenvalue weighted by Crippen LogP contribution is -2.42. The predicted molar refractivity (Wildman–Crippen MR) is 110 cm³/mol. The molecule has 0 bridgehead atoms. The van der Waals surface area contributed by atoms with Gasteiger partial charge in [0.05, 0.1) is 11.1 Å². The smallest absolute Gasteiger partial charge is 0.236 e. The van der Waals surface area contributed by atoms with Crippen LogP contribution >= 0.6 is 0 Å². The molecule has 1 aliphatic rings. The second-order valence-corrected chi connectivity index (χ2v) is 8.50. The predicted octanol–water partition coefficient (Wildman–Crippen LogP) is 4.86. The molecule has 1 aromatic rings. The zero-order valence-electron chi connectivity index (χ0n) is 17.6. The van der Waals surface area contributed by atoms with Gasteiger partial charge >= 0.3 is 0 Å². The molecule has 0 atom stereocenters. The van der Waals surface area contributed by atoms with Crippen molar-refractivity contribution in [2.45, 2.75) is 60.8 Å². The van der Waals surface area contributed by atoms with E-state index in [0.29, 0.717) is 30.5 Å². The van der Waals surface area contributed by atoms with Gasteiger partial charge in [-0.25, -0.2) is 0 Å². The summed E-state index contributed by atoms with van der Waals surface area (Å²) in [4.78, 5) is 27.3. The number of hydrogen-bond acceptors (Lipinski definition) is 3. The maximum atomic E-state index is 13.0. The number of fused-ring (bicyclic) bond motifs is 1. The van der Waals surface area contributed by atoms with E-state index in [-0.39, 0.29) is 17.7 Å². The Balaban J connectivity index is 2.31. The average molecular weight is 375 g/mol. The number of amides is 2. The molecule has 5 heteroatoms. The van der Waals surface area contributed by atoms with Gasteiger partial charge in [-0.05, 0) is 51.2 Å². The fourth-order valence-electron chi connectivity index (χ4n) is 3.24. The number of nitrogens with zero attached hydrogens (tertiary/aromatic N) is 1. The van der Waals surface area contributed by atoms with Crippen LogP contribution in [0.1, 0.15) is 60.8 Å². The van der Waals surface area contributed by atoms with E-state index in [9.17, 15) is 9.59 Å². The second-order valence-electron chi connectivity index (χ2n) is 8.50. The third kappa shape index (κ3) is 5.02. The summed E-state index contributed by atoms with van der Waals surface area (Å²) >= 11 is 0. The Labute approximate surface area is 163 Å². The zero-order chi connectivity index (χ0) is 20.2. The van der Waals surface area contributed by atoms with Crippen LogP contribution in [-0.2, 0) is 9.59 Å². The fourth-order valence-corrected chi connectivity index (χ4v) is 3.24. The van der Waals surface area contributed by atoms with E-state index < -0.39 is 5.41 Å². The molecule has 0 fully saturated rings. The summed E-state index contributed by atoms with van der Waals surface area (Å²) in [6, 6.07) is 5.58. The van der Waals surface area contributed by atoms with Gasteiger partial charge in [0.15, 0.2) is 0 Å². The van der Waals surface area contributed by atoms with Crippen LogP contribution in [0.4, 0.5) is 11.4 Å². The quantitative estimate of drug-likeness (QED) is 0.741. The van der Waals surface area contributed by atoms with Crippen molar-refractivity contribution in [1.82, 2.24) is 0 Å². The highest BCUT2D eigenvalue weighted by molar-refractivity contribution is 6.00. The van der Waals surface area contributed by atoms with Gasteiger partial charge in [0, 0.05) is 24.2 Å². The lowest BCUT2D eigenvalue weighted by Gasteiger charge is -2.28. The Morgan fingerprint density at radius 3 is 2.52 bits per heavy atom. The van der Waals surface area contributed by atoms with Crippen molar-refractivity contribution < 1.29 is 14.3 Å². The molecule has 5 nitrogen and oxygen atoms in total. The van der Waals surface area contributed by atoms with E-state index in [0.717, 1.165) is 24.9 Å². The van der Waals surface area contributed by atoms with Crippen molar-refractivity contribution in [3.8, 4) is 5.75 Å². The standard InChI is InChI=1S/C22H34N2O3/c1-7-16(8-2)20(25)23-17-9-10-18-19(13-17)27-14-22(5,6)21(26)24(18)12-11-15(3)4/h9-10,13,15-16H,7-8,11-12,14H2,1-6H3,(H,23,25). The van der Waals surface area contributed by atoms with Gasteiger partial charge in [-0.15, -0.1) is 0 Å². The summed E-state index contributed by atoms with van der Waals surface area (Å²) in [6.45, 7) is 13.2. The molecule has 2 rings (SSSR count). The fraction of sp³-hybridized carbons (Fsp3) is 0.636. The maximum absolute atomic E-state index is 13.0. The normalized spacial score (nSPS) is 16.1. The molecule has 1 heterocycles. The monoisotopic (exact) mass is 374 g/mol. The number of rotatable bonds is 7. The first-order chi connectivity index (χ1) is 12.7. The van der Waals surface area contributed by atoms with Gasteiger partial charge in [-0.1, -0.05) is 27.7 Å². The molecule has 0 aromatic heterocycles. The molecular formula is C22H34N2O3. The first-order valence-corrected chi connectivity index (χ1v) is 10.1. The molecule has 0 saturated carbocycles. The van der Waals surface area contributed by atoms with Crippen molar-refractivity contribution in [1.29, 1.82) is 0 Å². The highest BCUT2D eigenvalue weighted by atomic mass is 16.5.